The quantitative estimate of drug-likeness (QED) is 0.248. The van der Waals surface area contributed by atoms with Crippen molar-refractivity contribution >= 4 is 19.0 Å². The number of nitrogens with two attached hydrogens (primary N) is 1. The summed E-state index contributed by atoms with van der Waals surface area (Å²) in [6.07, 6.45) is 1.19. The summed E-state index contributed by atoms with van der Waals surface area (Å²) >= 11 is 0. The number of nitrogens with one attached hydrogen (secondary N) is 1. The molecule has 1 atom stereocenters. The van der Waals surface area contributed by atoms with Crippen LogP contribution in [-0.4, -0.2) is 84.1 Å². The molecule has 158 valence electrons. The van der Waals surface area contributed by atoms with Gasteiger partial charge in [-0.05, 0) is 30.8 Å². The highest BCUT2D eigenvalue weighted by atomic mass is 16.5. The van der Waals surface area contributed by atoms with Crippen molar-refractivity contribution in [3.05, 3.63) is 23.3 Å². The fraction of sp³-hybridized carbons (Fsp3) is 0.556. The third-order valence-corrected chi connectivity index (χ3v) is 4.97. The Balaban J connectivity index is 1.54. The van der Waals surface area contributed by atoms with Crippen LogP contribution in [0.15, 0.2) is 12.1 Å². The molecular weight excluding hydrogens is 381 g/mol. The molecule has 10 nitrogen and oxygen atoms in total. The zero-order valence-corrected chi connectivity index (χ0v) is 16.0. The van der Waals surface area contributed by atoms with Crippen molar-refractivity contribution in [3.63, 3.8) is 0 Å². The zero-order valence-electron chi connectivity index (χ0n) is 16.0. The van der Waals surface area contributed by atoms with E-state index in [0.717, 1.165) is 5.56 Å². The van der Waals surface area contributed by atoms with E-state index in [0.29, 0.717) is 45.3 Å². The second-order valence-corrected chi connectivity index (χ2v) is 7.28. The molecule has 1 unspecified atom stereocenters. The van der Waals surface area contributed by atoms with Gasteiger partial charge in [0.05, 0.1) is 6.04 Å². The summed E-state index contributed by atoms with van der Waals surface area (Å²) < 4.78 is 11.2. The van der Waals surface area contributed by atoms with Gasteiger partial charge in [-0.15, -0.1) is 0 Å². The summed E-state index contributed by atoms with van der Waals surface area (Å²) in [6, 6.07) is 2.68. The maximum absolute atomic E-state index is 11.9. The van der Waals surface area contributed by atoms with Crippen LogP contribution in [0.5, 0.6) is 11.5 Å². The van der Waals surface area contributed by atoms with Gasteiger partial charge >= 0.3 is 13.1 Å². The second kappa shape index (κ2) is 9.44. The minimum absolute atomic E-state index is 0.00564. The summed E-state index contributed by atoms with van der Waals surface area (Å²) in [6.45, 7) is 1.76. The first-order valence-corrected chi connectivity index (χ1v) is 9.66. The number of benzene rings is 1. The number of rotatable bonds is 9. The van der Waals surface area contributed by atoms with E-state index in [-0.39, 0.29) is 35.7 Å². The van der Waals surface area contributed by atoms with E-state index in [9.17, 15) is 19.7 Å². The lowest BCUT2D eigenvalue weighted by Gasteiger charge is -2.40. The lowest BCUT2D eigenvalue weighted by atomic mass is 9.78. The Morgan fingerprint density at radius 2 is 2.17 bits per heavy atom. The van der Waals surface area contributed by atoms with E-state index in [1.807, 2.05) is 4.90 Å². The smallest absolute Gasteiger partial charge is 0.522 e. The Labute approximate surface area is 168 Å². The minimum Gasteiger partial charge on any atom is -0.535 e. The van der Waals surface area contributed by atoms with Gasteiger partial charge in [0, 0.05) is 32.8 Å². The van der Waals surface area contributed by atoms with E-state index in [1.54, 1.807) is 12.1 Å². The number of aliphatic hydroxyl groups excluding tert-OH is 1. The molecule has 0 spiro atoms. The Hall–Kier alpha value is -2.34. The third kappa shape index (κ3) is 5.18. The number of carbonyl (C=O) groups excluding carboxylic acids is 1. The molecule has 0 aliphatic carbocycles. The predicted molar refractivity (Wildman–Crippen MR) is 104 cm³/mol. The lowest BCUT2D eigenvalue weighted by molar-refractivity contribution is -0.123. The van der Waals surface area contributed by atoms with Crippen molar-refractivity contribution in [3.8, 4) is 11.5 Å². The van der Waals surface area contributed by atoms with Crippen LogP contribution in [0.4, 0.5) is 0 Å². The van der Waals surface area contributed by atoms with Crippen molar-refractivity contribution < 1.29 is 34.2 Å². The van der Waals surface area contributed by atoms with E-state index in [1.165, 1.54) is 0 Å². The Morgan fingerprint density at radius 1 is 1.41 bits per heavy atom. The average Bonchev–Trinajstić information content (AvgIpc) is 2.65. The molecule has 2 heterocycles. The Kier molecular flexibility index (Phi) is 6.96. The fourth-order valence-electron chi connectivity index (χ4n) is 3.42. The normalized spacial score (nSPS) is 17.7. The molecule has 2 aliphatic heterocycles. The molecule has 1 amide bonds. The van der Waals surface area contributed by atoms with Crippen LogP contribution in [0.2, 0.25) is 6.32 Å². The molecule has 3 rings (SSSR count). The summed E-state index contributed by atoms with van der Waals surface area (Å²) in [5.41, 5.74) is 6.53. The SMILES string of the molecule is NC(CN1CC(Oc2ccc3c(c2C(=O)O)OB(O)CC3)C1)C(=O)NCCCO. The van der Waals surface area contributed by atoms with E-state index < -0.39 is 19.1 Å². The number of fused-ring (bicyclic) bond motifs is 1. The van der Waals surface area contributed by atoms with Crippen LogP contribution < -0.4 is 20.4 Å². The number of carbonyl (C=O) groups is 2. The molecule has 0 aromatic heterocycles. The molecule has 0 radical (unpaired) electrons. The van der Waals surface area contributed by atoms with Crippen molar-refractivity contribution in [2.75, 3.05) is 32.8 Å². The lowest BCUT2D eigenvalue weighted by Crippen LogP contribution is -2.59. The summed E-state index contributed by atoms with van der Waals surface area (Å²) in [7, 11) is -1.03. The first-order chi connectivity index (χ1) is 13.9. The predicted octanol–water partition coefficient (Wildman–Crippen LogP) is -1.31. The fourth-order valence-corrected chi connectivity index (χ4v) is 3.42. The number of aromatic carboxylic acids is 1. The first-order valence-electron chi connectivity index (χ1n) is 9.66. The van der Waals surface area contributed by atoms with Gasteiger partial charge in [0.1, 0.15) is 23.2 Å². The first kappa shape index (κ1) is 21.4. The van der Waals surface area contributed by atoms with Gasteiger partial charge in [-0.1, -0.05) is 6.07 Å². The molecule has 2 aliphatic rings. The van der Waals surface area contributed by atoms with Gasteiger partial charge in [0.15, 0.2) is 0 Å². The highest BCUT2D eigenvalue weighted by Gasteiger charge is 2.34. The van der Waals surface area contributed by atoms with E-state index >= 15 is 0 Å². The molecule has 1 aromatic rings. The molecule has 29 heavy (non-hydrogen) atoms. The maximum atomic E-state index is 11.9. The van der Waals surface area contributed by atoms with Crippen molar-refractivity contribution in [1.82, 2.24) is 10.2 Å². The number of aryl methyl sites for hydroxylation is 1. The zero-order chi connectivity index (χ0) is 21.0. The Bertz CT molecular complexity index is 757. The number of nitrogens with zero attached hydrogens (tertiary/aromatic N) is 1. The van der Waals surface area contributed by atoms with Gasteiger partial charge in [-0.25, -0.2) is 4.79 Å². The monoisotopic (exact) mass is 407 g/mol. The molecule has 6 N–H and O–H groups in total. The largest absolute Gasteiger partial charge is 0.535 e. The van der Waals surface area contributed by atoms with Crippen LogP contribution in [0.3, 0.4) is 0 Å². The molecule has 0 bridgehead atoms. The van der Waals surface area contributed by atoms with Gasteiger partial charge in [0.2, 0.25) is 5.91 Å². The van der Waals surface area contributed by atoms with Crippen LogP contribution in [0.25, 0.3) is 0 Å². The van der Waals surface area contributed by atoms with Gasteiger partial charge in [-0.2, -0.15) is 0 Å². The van der Waals surface area contributed by atoms with E-state index in [4.69, 9.17) is 20.2 Å². The number of likely N-dealkylation sites (tertiary alicyclic amines) is 1. The van der Waals surface area contributed by atoms with Crippen LogP contribution >= 0.6 is 0 Å². The Morgan fingerprint density at radius 3 is 2.86 bits per heavy atom. The molecule has 1 fully saturated rings. The molecule has 1 aromatic carbocycles. The second-order valence-electron chi connectivity index (χ2n) is 7.28. The van der Waals surface area contributed by atoms with Gasteiger partial charge in [-0.3, -0.25) is 9.69 Å². The highest BCUT2D eigenvalue weighted by molar-refractivity contribution is 6.44. The molecule has 11 heteroatoms. The summed E-state index contributed by atoms with van der Waals surface area (Å²) in [5.74, 6) is -1.10. The topological polar surface area (TPSA) is 155 Å². The molecule has 0 saturated carbocycles. The molecule has 1 saturated heterocycles. The summed E-state index contributed by atoms with van der Waals surface area (Å²) in [4.78, 5) is 25.6. The molecular formula is C18H26BN3O7. The van der Waals surface area contributed by atoms with Gasteiger partial charge in [0.25, 0.3) is 0 Å². The van der Waals surface area contributed by atoms with E-state index in [2.05, 4.69) is 5.32 Å². The number of amides is 1. The van der Waals surface area contributed by atoms with Crippen LogP contribution in [0, 0.1) is 0 Å². The number of carboxylic acids is 1. The minimum atomic E-state index is -1.18. The maximum Gasteiger partial charge on any atom is 0.522 e. The number of aliphatic hydroxyl groups is 1. The highest BCUT2D eigenvalue weighted by Crippen LogP contribution is 2.37. The standard InChI is InChI=1S/C18H26BN3O7/c20-13(17(24)21-6-1-7-23)10-22-8-12(9-22)28-14-3-2-11-4-5-19(27)29-16(11)15(14)18(25)26/h2-3,12-13,23,27H,1,4-10,20H2,(H,21,24)(H,25,26). The van der Waals surface area contributed by atoms with Crippen LogP contribution in [-0.2, 0) is 11.2 Å². The van der Waals surface area contributed by atoms with Crippen molar-refractivity contribution in [1.29, 1.82) is 0 Å². The number of ether oxygens (including phenoxy) is 1. The number of carboxylic acid groups (broad SMARTS) is 1. The summed E-state index contributed by atoms with van der Waals surface area (Å²) in [5, 5.41) is 30.7. The van der Waals surface area contributed by atoms with Gasteiger partial charge < -0.3 is 35.7 Å². The number of hydrogen-bond acceptors (Lipinski definition) is 8. The van der Waals surface area contributed by atoms with Crippen molar-refractivity contribution in [2.24, 2.45) is 5.73 Å². The average molecular weight is 407 g/mol. The van der Waals surface area contributed by atoms with Crippen molar-refractivity contribution in [2.45, 2.75) is 31.3 Å². The van der Waals surface area contributed by atoms with Crippen LogP contribution in [0.1, 0.15) is 22.3 Å². The number of hydrogen-bond donors (Lipinski definition) is 5. The third-order valence-electron chi connectivity index (χ3n) is 4.97.